The van der Waals surface area contributed by atoms with Gasteiger partial charge >= 0.3 is 29.8 Å². The number of rotatable bonds is 21. The van der Waals surface area contributed by atoms with E-state index in [4.69, 9.17) is 20.4 Å². The number of carbonyl (C=O) groups excluding carboxylic acids is 2. The van der Waals surface area contributed by atoms with Gasteiger partial charge in [0.1, 0.15) is 6.04 Å². The van der Waals surface area contributed by atoms with E-state index in [1.807, 2.05) is 0 Å². The lowest BCUT2D eigenvalue weighted by atomic mass is 10.1. The van der Waals surface area contributed by atoms with Crippen LogP contribution in [0.25, 0.3) is 0 Å². The molecule has 7 N–H and O–H groups in total. The van der Waals surface area contributed by atoms with Crippen LogP contribution < -0.4 is 10.6 Å². The van der Waals surface area contributed by atoms with Gasteiger partial charge in [0.05, 0.1) is 32.7 Å². The van der Waals surface area contributed by atoms with Crippen molar-refractivity contribution >= 4 is 41.7 Å². The highest BCUT2D eigenvalue weighted by Gasteiger charge is 2.28. The van der Waals surface area contributed by atoms with Crippen LogP contribution in [-0.2, 0) is 33.6 Å². The van der Waals surface area contributed by atoms with Gasteiger partial charge in [0, 0.05) is 39.6 Å². The van der Waals surface area contributed by atoms with Crippen molar-refractivity contribution in [1.29, 1.82) is 0 Å². The van der Waals surface area contributed by atoms with E-state index >= 15 is 0 Å². The maximum absolute atomic E-state index is 12.1. The van der Waals surface area contributed by atoms with Gasteiger partial charge in [-0.1, -0.05) is 0 Å². The van der Waals surface area contributed by atoms with Crippen LogP contribution in [0, 0.1) is 0 Å². The van der Waals surface area contributed by atoms with Crippen molar-refractivity contribution in [3.05, 3.63) is 0 Å². The van der Waals surface area contributed by atoms with E-state index in [0.717, 1.165) is 9.80 Å². The third-order valence-electron chi connectivity index (χ3n) is 4.94. The first-order chi connectivity index (χ1) is 17.2. The Morgan fingerprint density at radius 2 is 1.05 bits per heavy atom. The third kappa shape index (κ3) is 16.5. The average Bonchev–Trinajstić information content (AvgIpc) is 2.76. The van der Waals surface area contributed by atoms with Gasteiger partial charge in [-0.05, 0) is 6.42 Å². The molecule has 0 aromatic carbocycles. The van der Waals surface area contributed by atoms with Crippen molar-refractivity contribution < 1.29 is 59.1 Å². The fourth-order valence-electron chi connectivity index (χ4n) is 3.24. The van der Waals surface area contributed by atoms with Gasteiger partial charge < -0.3 is 36.2 Å². The molecule has 210 valence electrons. The molecule has 0 spiro atoms. The van der Waals surface area contributed by atoms with Crippen LogP contribution in [0.3, 0.4) is 0 Å². The number of carboxylic acids is 5. The largest absolute Gasteiger partial charge is 0.480 e. The molecule has 0 aromatic rings. The zero-order valence-electron chi connectivity index (χ0n) is 20.3. The molecule has 0 rings (SSSR count). The molecule has 17 heteroatoms. The second-order valence-corrected chi connectivity index (χ2v) is 7.87. The van der Waals surface area contributed by atoms with E-state index in [2.05, 4.69) is 10.6 Å². The molecular weight excluding hydrogens is 502 g/mol. The van der Waals surface area contributed by atoms with Gasteiger partial charge in [0.25, 0.3) is 0 Å². The molecule has 0 fully saturated rings. The maximum atomic E-state index is 12.1. The molecule has 0 saturated heterocycles. The van der Waals surface area contributed by atoms with Gasteiger partial charge in [-0.15, -0.1) is 0 Å². The lowest BCUT2D eigenvalue weighted by Gasteiger charge is -2.32. The highest BCUT2D eigenvalue weighted by atomic mass is 16.4. The number of likely N-dealkylation sites (N-methyl/N-ethyl adjacent to an activating group) is 1. The Kier molecular flexibility index (Phi) is 15.8. The summed E-state index contributed by atoms with van der Waals surface area (Å²) >= 11 is 0. The number of nitrogens with zero attached hydrogens (tertiary/aromatic N) is 3. The molecule has 0 heterocycles. The summed E-state index contributed by atoms with van der Waals surface area (Å²) in [7, 11) is 1.36. The molecule has 17 nitrogen and oxygen atoms in total. The molecule has 0 unspecified atom stereocenters. The molecule has 0 bridgehead atoms. The van der Waals surface area contributed by atoms with E-state index in [9.17, 15) is 38.7 Å². The first-order valence-corrected chi connectivity index (χ1v) is 11.0. The van der Waals surface area contributed by atoms with Gasteiger partial charge in [0.15, 0.2) is 0 Å². The number of carbonyl (C=O) groups is 7. The normalized spacial score (nSPS) is 11.8. The minimum atomic E-state index is -1.37. The monoisotopic (exact) mass is 535 g/mol. The quantitative estimate of drug-likeness (QED) is 0.0747. The van der Waals surface area contributed by atoms with Crippen molar-refractivity contribution in [2.24, 2.45) is 0 Å². The highest BCUT2D eigenvalue weighted by Crippen LogP contribution is 2.10. The van der Waals surface area contributed by atoms with Gasteiger partial charge in [-0.2, -0.15) is 0 Å². The molecule has 1 atom stereocenters. The van der Waals surface area contributed by atoms with Crippen molar-refractivity contribution in [1.82, 2.24) is 25.3 Å². The lowest BCUT2D eigenvalue weighted by molar-refractivity contribution is -0.146. The van der Waals surface area contributed by atoms with E-state index < -0.39 is 73.9 Å². The standard InChI is InChI=1S/C20H33N5O12/c1-21-15(27)8-22-14(26)3-2-13(20(36)37)25(6-4-23(9-16(28)29)10-17(30)31)7-5-24(11-18(32)33)12-19(34)35/h13H,2-12H2,1H3,(H,21,27)(H,22,26)(H,28,29)(H,30,31)(H,32,33)(H,34,35)(H,36,37)/t13-/m0/s1. The Morgan fingerprint density at radius 1 is 0.649 bits per heavy atom. The average molecular weight is 536 g/mol. The van der Waals surface area contributed by atoms with Crippen LogP contribution in [0.1, 0.15) is 12.8 Å². The Bertz CT molecular complexity index is 765. The molecule has 2 amide bonds. The summed E-state index contributed by atoms with van der Waals surface area (Å²) in [5.41, 5.74) is 0. The fraction of sp³-hybridized carbons (Fsp3) is 0.650. The zero-order valence-corrected chi connectivity index (χ0v) is 20.3. The summed E-state index contributed by atoms with van der Waals surface area (Å²) in [5, 5.41) is 50.5. The van der Waals surface area contributed by atoms with Gasteiger partial charge in [-0.25, -0.2) is 0 Å². The molecule has 37 heavy (non-hydrogen) atoms. The topological polar surface area (TPSA) is 254 Å². The first kappa shape index (κ1) is 33.2. The van der Waals surface area contributed by atoms with E-state index in [-0.39, 0.29) is 45.6 Å². The summed E-state index contributed by atoms with van der Waals surface area (Å²) in [6.07, 6.45) is -0.572. The summed E-state index contributed by atoms with van der Waals surface area (Å²) < 4.78 is 0. The molecular formula is C20H33N5O12. The van der Waals surface area contributed by atoms with Gasteiger partial charge in [-0.3, -0.25) is 48.3 Å². The summed E-state index contributed by atoms with van der Waals surface area (Å²) in [6.45, 7) is -3.71. The van der Waals surface area contributed by atoms with Crippen molar-refractivity contribution in [3.8, 4) is 0 Å². The smallest absolute Gasteiger partial charge is 0.320 e. The van der Waals surface area contributed by atoms with Crippen LogP contribution in [0.2, 0.25) is 0 Å². The predicted octanol–water partition coefficient (Wildman–Crippen LogP) is -3.67. The van der Waals surface area contributed by atoms with Crippen molar-refractivity contribution in [2.45, 2.75) is 18.9 Å². The van der Waals surface area contributed by atoms with Crippen molar-refractivity contribution in [3.63, 3.8) is 0 Å². The number of hydrogen-bond donors (Lipinski definition) is 7. The molecule has 0 aliphatic heterocycles. The number of hydrogen-bond acceptors (Lipinski definition) is 10. The Morgan fingerprint density at radius 3 is 1.38 bits per heavy atom. The third-order valence-corrected chi connectivity index (χ3v) is 4.94. The number of nitrogens with one attached hydrogen (secondary N) is 2. The van der Waals surface area contributed by atoms with Crippen LogP contribution in [0.4, 0.5) is 0 Å². The molecule has 0 aliphatic carbocycles. The number of amides is 2. The SMILES string of the molecule is CNC(=O)CNC(=O)CC[C@@H](C(=O)O)N(CCN(CC(=O)O)CC(=O)O)CCN(CC(=O)O)CC(=O)O. The second kappa shape index (κ2) is 17.6. The predicted molar refractivity (Wildman–Crippen MR) is 123 cm³/mol. The van der Waals surface area contributed by atoms with Crippen LogP contribution in [-0.4, -0.2) is 154 Å². The fourth-order valence-corrected chi connectivity index (χ4v) is 3.24. The van der Waals surface area contributed by atoms with E-state index in [0.29, 0.717) is 0 Å². The zero-order chi connectivity index (χ0) is 28.5. The Labute approximate surface area is 211 Å². The Hall–Kier alpha value is -3.83. The number of carboxylic acid groups (broad SMARTS) is 5. The molecule has 0 aromatic heterocycles. The molecule has 0 aliphatic rings. The first-order valence-electron chi connectivity index (χ1n) is 11.0. The summed E-state index contributed by atoms with van der Waals surface area (Å²) in [4.78, 5) is 83.0. The van der Waals surface area contributed by atoms with Gasteiger partial charge in [0.2, 0.25) is 11.8 Å². The molecule has 0 radical (unpaired) electrons. The van der Waals surface area contributed by atoms with E-state index in [1.54, 1.807) is 0 Å². The Balaban J connectivity index is 5.64. The summed E-state index contributed by atoms with van der Waals surface area (Å²) in [5.74, 6) is -7.72. The minimum absolute atomic E-state index is 0.189. The van der Waals surface area contributed by atoms with Crippen LogP contribution in [0.5, 0.6) is 0 Å². The molecule has 0 saturated carbocycles. The van der Waals surface area contributed by atoms with Crippen molar-refractivity contribution in [2.75, 3.05) is 66.0 Å². The minimum Gasteiger partial charge on any atom is -0.480 e. The maximum Gasteiger partial charge on any atom is 0.320 e. The van der Waals surface area contributed by atoms with Crippen LogP contribution >= 0.6 is 0 Å². The second-order valence-electron chi connectivity index (χ2n) is 7.87. The van der Waals surface area contributed by atoms with E-state index in [1.165, 1.54) is 11.9 Å². The number of aliphatic carboxylic acids is 5. The lowest BCUT2D eigenvalue weighted by Crippen LogP contribution is -2.50. The summed E-state index contributed by atoms with van der Waals surface area (Å²) in [6, 6.07) is -1.35. The highest BCUT2D eigenvalue weighted by molar-refractivity contribution is 5.85. The van der Waals surface area contributed by atoms with Crippen LogP contribution in [0.15, 0.2) is 0 Å².